The summed E-state index contributed by atoms with van der Waals surface area (Å²) in [6, 6.07) is 3.55. The predicted octanol–water partition coefficient (Wildman–Crippen LogP) is 1.56. The van der Waals surface area contributed by atoms with Gasteiger partial charge < -0.3 is 14.8 Å². The van der Waals surface area contributed by atoms with Gasteiger partial charge in [-0.05, 0) is 44.9 Å². The molecule has 124 valence electrons. The second-order valence-electron chi connectivity index (χ2n) is 5.67. The Morgan fingerprint density at radius 1 is 1.27 bits per heavy atom. The zero-order chi connectivity index (χ0) is 15.0. The van der Waals surface area contributed by atoms with Crippen LogP contribution in [0, 0.1) is 6.92 Å². The van der Waals surface area contributed by atoms with Crippen LogP contribution in [-0.2, 0) is 10.0 Å². The molecule has 3 rings (SSSR count). The highest BCUT2D eigenvalue weighted by molar-refractivity contribution is 7.89. The molecule has 2 atom stereocenters. The first-order chi connectivity index (χ1) is 9.95. The van der Waals surface area contributed by atoms with Crippen molar-refractivity contribution < 1.29 is 17.9 Å². The maximum absolute atomic E-state index is 12.6. The van der Waals surface area contributed by atoms with Gasteiger partial charge in [0.15, 0.2) is 11.5 Å². The lowest BCUT2D eigenvalue weighted by molar-refractivity contribution is 0.174. The van der Waals surface area contributed by atoms with E-state index in [2.05, 4.69) is 17.0 Å². The Balaban J connectivity index is 0.00000176. The highest BCUT2D eigenvalue weighted by Crippen LogP contribution is 2.36. The molecule has 1 aromatic rings. The van der Waals surface area contributed by atoms with Gasteiger partial charge >= 0.3 is 0 Å². The summed E-state index contributed by atoms with van der Waals surface area (Å²) < 4.78 is 38.5. The Labute approximate surface area is 137 Å². The van der Waals surface area contributed by atoms with Crippen molar-refractivity contribution in [1.29, 1.82) is 0 Å². The number of piperidine rings is 1. The number of fused-ring (bicyclic) bond motifs is 1. The molecule has 2 aliphatic rings. The minimum absolute atomic E-state index is 0. The van der Waals surface area contributed by atoms with E-state index in [9.17, 15) is 8.42 Å². The van der Waals surface area contributed by atoms with E-state index in [-0.39, 0.29) is 30.1 Å². The maximum Gasteiger partial charge on any atom is 0.241 e. The average Bonchev–Trinajstić information content (AvgIpc) is 2.84. The number of hydrogen-bond donors (Lipinski definition) is 2. The normalized spacial score (nSPS) is 23.9. The highest BCUT2D eigenvalue weighted by Gasteiger charge is 2.27. The lowest BCUT2D eigenvalue weighted by atomic mass is 10.0. The second kappa shape index (κ2) is 6.62. The van der Waals surface area contributed by atoms with Crippen LogP contribution in [0.15, 0.2) is 17.0 Å². The Kier molecular flexibility index (Phi) is 5.21. The van der Waals surface area contributed by atoms with Crippen LogP contribution in [-0.4, -0.2) is 33.8 Å². The van der Waals surface area contributed by atoms with Crippen LogP contribution in [0.25, 0.3) is 0 Å². The van der Waals surface area contributed by atoms with Crippen molar-refractivity contribution in [2.45, 2.75) is 43.7 Å². The van der Waals surface area contributed by atoms with E-state index >= 15 is 0 Å². The average molecular weight is 349 g/mol. The summed E-state index contributed by atoms with van der Waals surface area (Å²) in [5.41, 5.74) is 0.661. The zero-order valence-corrected chi connectivity index (χ0v) is 14.2. The van der Waals surface area contributed by atoms with Gasteiger partial charge in [-0.25, -0.2) is 13.1 Å². The topological polar surface area (TPSA) is 76.7 Å². The van der Waals surface area contributed by atoms with Crippen molar-refractivity contribution >= 4 is 22.4 Å². The zero-order valence-electron chi connectivity index (χ0n) is 12.6. The molecule has 1 fully saturated rings. The number of halogens is 1. The first-order valence-electron chi connectivity index (χ1n) is 7.11. The fraction of sp³-hybridized carbons (Fsp3) is 0.571. The molecule has 0 spiro atoms. The quantitative estimate of drug-likeness (QED) is 0.867. The van der Waals surface area contributed by atoms with Gasteiger partial charge in [0.25, 0.3) is 0 Å². The van der Waals surface area contributed by atoms with Gasteiger partial charge in [-0.2, -0.15) is 0 Å². The number of sulfonamides is 1. The van der Waals surface area contributed by atoms with Gasteiger partial charge in [-0.1, -0.05) is 0 Å². The number of benzene rings is 1. The number of hydrogen-bond acceptors (Lipinski definition) is 5. The fourth-order valence-electron chi connectivity index (χ4n) is 2.84. The maximum atomic E-state index is 12.6. The lowest BCUT2D eigenvalue weighted by Gasteiger charge is -2.28. The van der Waals surface area contributed by atoms with Crippen LogP contribution < -0.4 is 19.5 Å². The van der Waals surface area contributed by atoms with Crippen LogP contribution >= 0.6 is 12.4 Å². The molecule has 2 aliphatic heterocycles. The van der Waals surface area contributed by atoms with Crippen LogP contribution in [0.4, 0.5) is 0 Å². The largest absolute Gasteiger partial charge is 0.454 e. The Bertz CT molecular complexity index is 650. The molecule has 8 heteroatoms. The molecule has 0 bridgehead atoms. The lowest BCUT2D eigenvalue weighted by Crippen LogP contribution is -2.46. The molecular formula is C14H21ClN2O4S. The minimum atomic E-state index is -3.55. The molecule has 0 saturated carbocycles. The summed E-state index contributed by atoms with van der Waals surface area (Å²) >= 11 is 0. The van der Waals surface area contributed by atoms with Crippen LogP contribution in [0.3, 0.4) is 0 Å². The van der Waals surface area contributed by atoms with Crippen molar-refractivity contribution in [2.75, 3.05) is 13.3 Å². The predicted molar refractivity (Wildman–Crippen MR) is 85.4 cm³/mol. The second-order valence-corrected chi connectivity index (χ2v) is 7.35. The van der Waals surface area contributed by atoms with Gasteiger partial charge in [-0.3, -0.25) is 0 Å². The molecule has 0 aromatic heterocycles. The molecule has 2 N–H and O–H groups in total. The first-order valence-corrected chi connectivity index (χ1v) is 8.60. The van der Waals surface area contributed by atoms with Gasteiger partial charge in [0.05, 0.1) is 4.90 Å². The third kappa shape index (κ3) is 3.48. The summed E-state index contributed by atoms with van der Waals surface area (Å²) in [6.45, 7) is 4.79. The molecule has 2 unspecified atom stereocenters. The van der Waals surface area contributed by atoms with E-state index in [1.807, 2.05) is 0 Å². The highest BCUT2D eigenvalue weighted by atomic mass is 35.5. The van der Waals surface area contributed by atoms with Crippen molar-refractivity contribution in [2.24, 2.45) is 0 Å². The van der Waals surface area contributed by atoms with Gasteiger partial charge in [0.2, 0.25) is 16.8 Å². The third-order valence-corrected chi connectivity index (χ3v) is 5.57. The molecule has 0 radical (unpaired) electrons. The van der Waals surface area contributed by atoms with Crippen LogP contribution in [0.1, 0.15) is 25.3 Å². The molecular weight excluding hydrogens is 328 g/mol. The molecule has 22 heavy (non-hydrogen) atoms. The molecule has 0 aliphatic carbocycles. The number of rotatable bonds is 3. The van der Waals surface area contributed by atoms with Crippen molar-refractivity contribution in [3.05, 3.63) is 17.7 Å². The summed E-state index contributed by atoms with van der Waals surface area (Å²) in [7, 11) is -3.55. The van der Waals surface area contributed by atoms with Crippen LogP contribution in [0.2, 0.25) is 0 Å². The van der Waals surface area contributed by atoms with E-state index < -0.39 is 10.0 Å². The van der Waals surface area contributed by atoms with E-state index in [4.69, 9.17) is 9.47 Å². The molecule has 1 saturated heterocycles. The van der Waals surface area contributed by atoms with E-state index in [0.29, 0.717) is 23.1 Å². The van der Waals surface area contributed by atoms with Gasteiger partial charge in [0.1, 0.15) is 0 Å². The van der Waals surface area contributed by atoms with Crippen molar-refractivity contribution in [3.63, 3.8) is 0 Å². The number of nitrogens with one attached hydrogen (secondary N) is 2. The van der Waals surface area contributed by atoms with E-state index in [0.717, 1.165) is 19.4 Å². The van der Waals surface area contributed by atoms with Crippen molar-refractivity contribution in [1.82, 2.24) is 10.0 Å². The number of ether oxygens (including phenoxy) is 2. The Hall–Kier alpha value is -1.02. The monoisotopic (exact) mass is 348 g/mol. The number of aryl methyl sites for hydroxylation is 1. The third-order valence-electron chi connectivity index (χ3n) is 3.91. The Morgan fingerprint density at radius 2 is 1.95 bits per heavy atom. The standard InChI is InChI=1S/C14H20N2O4S.ClH/c1-9-5-12-13(20-8-19-12)7-14(9)21(17,18)16-11-3-4-15-10(2)6-11;/h5,7,10-11,15-16H,3-4,6,8H2,1-2H3;1H. The summed E-state index contributed by atoms with van der Waals surface area (Å²) in [5, 5.41) is 3.31. The van der Waals surface area contributed by atoms with E-state index in [1.165, 1.54) is 0 Å². The molecule has 0 amide bonds. The molecule has 2 heterocycles. The Morgan fingerprint density at radius 3 is 2.64 bits per heavy atom. The summed E-state index contributed by atoms with van der Waals surface area (Å²) in [6.07, 6.45) is 1.59. The molecule has 1 aromatic carbocycles. The first kappa shape index (κ1) is 17.3. The van der Waals surface area contributed by atoms with E-state index in [1.54, 1.807) is 19.1 Å². The van der Waals surface area contributed by atoms with Crippen molar-refractivity contribution in [3.8, 4) is 11.5 Å². The summed E-state index contributed by atoms with van der Waals surface area (Å²) in [5.74, 6) is 1.08. The van der Waals surface area contributed by atoms with Crippen LogP contribution in [0.5, 0.6) is 11.5 Å². The van der Waals surface area contributed by atoms with Gasteiger partial charge in [-0.15, -0.1) is 12.4 Å². The smallest absolute Gasteiger partial charge is 0.241 e. The van der Waals surface area contributed by atoms with Gasteiger partial charge in [0, 0.05) is 18.2 Å². The SMILES string of the molecule is Cc1cc2c(cc1S(=O)(=O)NC1CCNC(C)C1)OCO2.Cl. The summed E-state index contributed by atoms with van der Waals surface area (Å²) in [4.78, 5) is 0.262. The minimum Gasteiger partial charge on any atom is -0.454 e. The fourth-order valence-corrected chi connectivity index (χ4v) is 4.36. The molecule has 6 nitrogen and oxygen atoms in total.